The summed E-state index contributed by atoms with van der Waals surface area (Å²) in [7, 11) is 1.36. The Hall–Kier alpha value is -1.35. The van der Waals surface area contributed by atoms with Crippen molar-refractivity contribution in [2.45, 2.75) is 77.6 Å². The maximum absolute atomic E-state index is 11.7. The molecule has 0 unspecified atom stereocenters. The summed E-state index contributed by atoms with van der Waals surface area (Å²) >= 11 is 0. The largest absolute Gasteiger partial charge is 0.286 e. The molecular weight excluding hydrogens is 286 g/mol. The molecule has 0 heterocycles. The second-order valence-electron chi connectivity index (χ2n) is 6.46. The van der Waals surface area contributed by atoms with Gasteiger partial charge >= 0.3 is 0 Å². The smallest absolute Gasteiger partial charge is 0.276 e. The summed E-state index contributed by atoms with van der Waals surface area (Å²) in [5.41, 5.74) is 1.73. The molecule has 0 saturated carbocycles. The summed E-state index contributed by atoms with van der Waals surface area (Å²) in [5, 5.41) is 9.85. The third-order valence-corrected chi connectivity index (χ3v) is 4.29. The number of carbonyl (C=O) groups is 1. The lowest BCUT2D eigenvalue weighted by Gasteiger charge is -2.09. The molecule has 0 fully saturated rings. The van der Waals surface area contributed by atoms with Crippen LogP contribution in [0.15, 0.2) is 24.3 Å². The number of amides is 1. The van der Waals surface area contributed by atoms with Crippen LogP contribution in [0.2, 0.25) is 0 Å². The van der Waals surface area contributed by atoms with Gasteiger partial charge in [0, 0.05) is 12.6 Å². The number of hydrogen-bond acceptors (Lipinski definition) is 2. The van der Waals surface area contributed by atoms with Crippen LogP contribution in [0.1, 0.15) is 87.1 Å². The Morgan fingerprint density at radius 1 is 0.957 bits per heavy atom. The minimum Gasteiger partial charge on any atom is -0.286 e. The van der Waals surface area contributed by atoms with E-state index in [2.05, 4.69) is 13.0 Å². The van der Waals surface area contributed by atoms with Gasteiger partial charge in [-0.1, -0.05) is 76.8 Å². The fraction of sp³-hybridized carbons (Fsp3) is 0.650. The first-order chi connectivity index (χ1) is 11.1. The minimum atomic E-state index is -0.352. The zero-order valence-corrected chi connectivity index (χ0v) is 14.9. The van der Waals surface area contributed by atoms with Crippen molar-refractivity contribution < 1.29 is 10.0 Å². The highest BCUT2D eigenvalue weighted by molar-refractivity contribution is 5.93. The number of unbranched alkanes of at least 4 members (excludes halogenated alkanes) is 9. The molecule has 1 aromatic carbocycles. The van der Waals surface area contributed by atoms with Crippen LogP contribution in [0.4, 0.5) is 0 Å². The SMILES string of the molecule is CCCCCCCCCCCCc1cccc(C(=O)N(C)O)c1. The van der Waals surface area contributed by atoms with Gasteiger partial charge in [0.25, 0.3) is 5.91 Å². The normalized spacial score (nSPS) is 10.7. The lowest BCUT2D eigenvalue weighted by molar-refractivity contribution is -0.0375. The van der Waals surface area contributed by atoms with Crippen molar-refractivity contribution in [2.24, 2.45) is 0 Å². The molecule has 0 spiro atoms. The van der Waals surface area contributed by atoms with Gasteiger partial charge in [-0.25, -0.2) is 5.06 Å². The van der Waals surface area contributed by atoms with Crippen LogP contribution < -0.4 is 0 Å². The van der Waals surface area contributed by atoms with Gasteiger partial charge < -0.3 is 0 Å². The Labute approximate surface area is 141 Å². The molecule has 0 aliphatic carbocycles. The molecule has 1 aromatic rings. The minimum absolute atomic E-state index is 0.352. The molecule has 0 radical (unpaired) electrons. The standard InChI is InChI=1S/C20H33NO2/c1-3-4-5-6-7-8-9-10-11-12-14-18-15-13-16-19(17-18)20(22)21(2)23/h13,15-17,23H,3-12,14H2,1-2H3. The molecule has 23 heavy (non-hydrogen) atoms. The van der Waals surface area contributed by atoms with Crippen molar-refractivity contribution in [3.63, 3.8) is 0 Å². The van der Waals surface area contributed by atoms with Crippen LogP contribution in [-0.4, -0.2) is 23.2 Å². The maximum atomic E-state index is 11.7. The second-order valence-corrected chi connectivity index (χ2v) is 6.46. The Balaban J connectivity index is 2.12. The van der Waals surface area contributed by atoms with Crippen LogP contribution in [0, 0.1) is 0 Å². The van der Waals surface area contributed by atoms with Crippen LogP contribution in [-0.2, 0) is 6.42 Å². The first-order valence-electron chi connectivity index (χ1n) is 9.21. The van der Waals surface area contributed by atoms with Gasteiger partial charge in [0.15, 0.2) is 0 Å². The van der Waals surface area contributed by atoms with Crippen LogP contribution in [0.3, 0.4) is 0 Å². The number of hydrogen-bond donors (Lipinski definition) is 1. The molecule has 130 valence electrons. The first-order valence-corrected chi connectivity index (χ1v) is 9.21. The number of aryl methyl sites for hydroxylation is 1. The summed E-state index contributed by atoms with van der Waals surface area (Å²) in [5.74, 6) is -0.352. The van der Waals surface area contributed by atoms with Gasteiger partial charge in [0.2, 0.25) is 0 Å². The van der Waals surface area contributed by atoms with Crippen LogP contribution in [0.25, 0.3) is 0 Å². The molecule has 1 amide bonds. The summed E-state index contributed by atoms with van der Waals surface area (Å²) in [6.07, 6.45) is 14.3. The molecule has 3 nitrogen and oxygen atoms in total. The predicted octanol–water partition coefficient (Wildman–Crippen LogP) is 5.61. The van der Waals surface area contributed by atoms with E-state index in [-0.39, 0.29) is 5.91 Å². The number of hydroxylamine groups is 2. The topological polar surface area (TPSA) is 40.5 Å². The van der Waals surface area contributed by atoms with Crippen molar-refractivity contribution in [3.05, 3.63) is 35.4 Å². The van der Waals surface area contributed by atoms with Gasteiger partial charge in [-0.2, -0.15) is 0 Å². The van der Waals surface area contributed by atoms with Crippen molar-refractivity contribution in [2.75, 3.05) is 7.05 Å². The Morgan fingerprint density at radius 2 is 1.52 bits per heavy atom. The monoisotopic (exact) mass is 319 g/mol. The molecule has 3 heteroatoms. The fourth-order valence-electron chi connectivity index (χ4n) is 2.86. The van der Waals surface area contributed by atoms with Gasteiger partial charge in [-0.15, -0.1) is 0 Å². The highest BCUT2D eigenvalue weighted by Gasteiger charge is 2.09. The fourth-order valence-corrected chi connectivity index (χ4v) is 2.86. The van der Waals surface area contributed by atoms with Crippen LogP contribution >= 0.6 is 0 Å². The number of nitrogens with zero attached hydrogens (tertiary/aromatic N) is 1. The molecule has 1 rings (SSSR count). The summed E-state index contributed by atoms with van der Waals surface area (Å²) in [6.45, 7) is 2.26. The van der Waals surface area contributed by atoms with E-state index in [4.69, 9.17) is 0 Å². The van der Waals surface area contributed by atoms with E-state index in [1.165, 1.54) is 76.8 Å². The van der Waals surface area contributed by atoms with E-state index in [1.807, 2.05) is 12.1 Å². The third kappa shape index (κ3) is 8.75. The molecule has 0 atom stereocenters. The van der Waals surface area contributed by atoms with Gasteiger partial charge in [-0.05, 0) is 30.5 Å². The molecule has 1 N–H and O–H groups in total. The first kappa shape index (κ1) is 19.7. The summed E-state index contributed by atoms with van der Waals surface area (Å²) < 4.78 is 0. The highest BCUT2D eigenvalue weighted by Crippen LogP contribution is 2.14. The Kier molecular flexibility index (Phi) is 10.4. The van der Waals surface area contributed by atoms with E-state index in [1.54, 1.807) is 6.07 Å². The Bertz CT molecular complexity index is 443. The van der Waals surface area contributed by atoms with E-state index in [0.717, 1.165) is 6.42 Å². The number of rotatable bonds is 12. The quantitative estimate of drug-likeness (QED) is 0.309. The van der Waals surface area contributed by atoms with Gasteiger partial charge in [0.1, 0.15) is 0 Å². The predicted molar refractivity (Wildman–Crippen MR) is 95.9 cm³/mol. The van der Waals surface area contributed by atoms with E-state index >= 15 is 0 Å². The molecule has 0 saturated heterocycles. The molecule has 0 aromatic heterocycles. The summed E-state index contributed by atoms with van der Waals surface area (Å²) in [4.78, 5) is 11.7. The summed E-state index contributed by atoms with van der Waals surface area (Å²) in [6, 6.07) is 7.59. The van der Waals surface area contributed by atoms with Crippen molar-refractivity contribution in [1.82, 2.24) is 5.06 Å². The molecule has 0 aliphatic rings. The van der Waals surface area contributed by atoms with E-state index in [0.29, 0.717) is 10.6 Å². The van der Waals surface area contributed by atoms with Crippen molar-refractivity contribution in [1.29, 1.82) is 0 Å². The van der Waals surface area contributed by atoms with Crippen molar-refractivity contribution >= 4 is 5.91 Å². The molecule has 0 aliphatic heterocycles. The number of benzene rings is 1. The van der Waals surface area contributed by atoms with Crippen molar-refractivity contribution in [3.8, 4) is 0 Å². The lowest BCUT2D eigenvalue weighted by Crippen LogP contribution is -2.22. The maximum Gasteiger partial charge on any atom is 0.276 e. The Morgan fingerprint density at radius 3 is 2.09 bits per heavy atom. The molecular formula is C20H33NO2. The average Bonchev–Trinajstić information content (AvgIpc) is 2.56. The molecule has 0 bridgehead atoms. The van der Waals surface area contributed by atoms with Gasteiger partial charge in [-0.3, -0.25) is 10.0 Å². The average molecular weight is 319 g/mol. The van der Waals surface area contributed by atoms with Gasteiger partial charge in [0.05, 0.1) is 0 Å². The van der Waals surface area contributed by atoms with E-state index in [9.17, 15) is 10.0 Å². The second kappa shape index (κ2) is 12.1. The van der Waals surface area contributed by atoms with Crippen LogP contribution in [0.5, 0.6) is 0 Å². The third-order valence-electron chi connectivity index (χ3n) is 4.29. The zero-order chi connectivity index (χ0) is 16.9. The highest BCUT2D eigenvalue weighted by atomic mass is 16.5. The lowest BCUT2D eigenvalue weighted by atomic mass is 10.0. The number of carbonyl (C=O) groups excluding carboxylic acids is 1. The van der Waals surface area contributed by atoms with E-state index < -0.39 is 0 Å². The zero-order valence-electron chi connectivity index (χ0n) is 14.9.